The lowest BCUT2D eigenvalue weighted by Crippen LogP contribution is -2.62. The molecule has 6 amide bonds. The first-order valence-corrected chi connectivity index (χ1v) is 26.8. The number of amides is 6. The Morgan fingerprint density at radius 1 is 1.03 bits per heavy atom. The van der Waals surface area contributed by atoms with Gasteiger partial charge in [0, 0.05) is 63.4 Å². The predicted octanol–water partition coefficient (Wildman–Crippen LogP) is 5.63. The van der Waals surface area contributed by atoms with Crippen molar-refractivity contribution in [1.82, 2.24) is 15.6 Å². The number of hydrogen-bond acceptors (Lipinski definition) is 16. The van der Waals surface area contributed by atoms with E-state index >= 15 is 4.39 Å². The van der Waals surface area contributed by atoms with Gasteiger partial charge in [-0.25, -0.2) is 14.6 Å². The first kappa shape index (κ1) is 59.3. The number of nitrogens with zero attached hydrogens (tertiary/aromatic N) is 3. The second kappa shape index (κ2) is 24.8. The Hall–Kier alpha value is -7.35. The van der Waals surface area contributed by atoms with E-state index in [9.17, 15) is 51.6 Å². The molecule has 5 N–H and O–H groups in total. The van der Waals surface area contributed by atoms with Crippen LogP contribution in [0, 0.1) is 5.82 Å². The summed E-state index contributed by atoms with van der Waals surface area (Å²) < 4.78 is 79.5. The van der Waals surface area contributed by atoms with Gasteiger partial charge in [0.25, 0.3) is 27.8 Å². The molecule has 79 heavy (non-hydrogen) atoms. The average Bonchev–Trinajstić information content (AvgIpc) is 4.13. The fourth-order valence-corrected chi connectivity index (χ4v) is 10.4. The summed E-state index contributed by atoms with van der Waals surface area (Å²) in [6.45, 7) is 5.09. The summed E-state index contributed by atoms with van der Waals surface area (Å²) in [6.07, 6.45) is 3.08. The van der Waals surface area contributed by atoms with Crippen LogP contribution >= 0.6 is 11.6 Å². The van der Waals surface area contributed by atoms with Crippen molar-refractivity contribution in [2.24, 2.45) is 5.10 Å². The number of benzene rings is 3. The van der Waals surface area contributed by atoms with E-state index in [4.69, 9.17) is 35.3 Å². The fourth-order valence-electron chi connectivity index (χ4n) is 9.39. The van der Waals surface area contributed by atoms with Gasteiger partial charge in [-0.15, -0.1) is 0 Å². The molecule has 0 spiro atoms. The zero-order chi connectivity index (χ0) is 57.6. The molecule has 0 aromatic heterocycles. The van der Waals surface area contributed by atoms with Crippen molar-refractivity contribution in [2.75, 3.05) is 38.0 Å². The second-order valence-corrected chi connectivity index (χ2v) is 21.4. The van der Waals surface area contributed by atoms with E-state index in [1.54, 1.807) is 31.2 Å². The Kier molecular flexibility index (Phi) is 18.6. The van der Waals surface area contributed by atoms with Gasteiger partial charge < -0.3 is 39.0 Å². The number of allylic oxidation sites excluding steroid dienone is 3. The largest absolute Gasteiger partial charge is 0.495 e. The number of ether oxygens (including phenoxy) is 5. The molecule has 0 radical (unpaired) electrons. The minimum Gasteiger partial charge on any atom is -0.495 e. The van der Waals surface area contributed by atoms with Gasteiger partial charge >= 0.3 is 12.1 Å². The fraction of sp³-hybridized carbons (Fsp3) is 0.407. The molecular weight excluding hydrogens is 1080 g/mol. The number of unbranched alkanes of at least 4 members (excludes halogenated alkanes) is 2. The highest BCUT2D eigenvalue weighted by atomic mass is 35.5. The number of imide groups is 1. The van der Waals surface area contributed by atoms with Gasteiger partial charge in [0.1, 0.15) is 45.4 Å². The van der Waals surface area contributed by atoms with E-state index in [1.807, 2.05) is 13.0 Å². The molecule has 4 aliphatic heterocycles. The van der Waals surface area contributed by atoms with E-state index in [0.717, 1.165) is 34.2 Å². The molecule has 4 bridgehead atoms. The summed E-state index contributed by atoms with van der Waals surface area (Å²) >= 11 is 6.77. The summed E-state index contributed by atoms with van der Waals surface area (Å²) in [5.74, 6) is -4.48. The van der Waals surface area contributed by atoms with Crippen LogP contribution in [0.5, 0.6) is 5.75 Å². The number of rotatable bonds is 16. The standard InChI is InChI=1S/C54H60ClFN6O16S/c1-30-11-10-12-42(75-6)54(70)29-36(76-52(69)58-54)27-44-53(3,78-44)43(28-48(66)61(4)39-22-32(21-30)23-40(74-5)50(39)55)77-49(67)25-34-15-14-33(24-38(34)56)31(2)59-60-51(68)37-17-16-35(26-41(37)79(71,72)73)57-45(63)13-8-7-9-20-62-46(64)18-19-47(62)65/h10-12,14-19,22-24,26,36,42-44,70H,7-9,13,20-21,25,27-29H2,1-6H3,(H,57,63)(H,58,69)(H,60,68)(H,71,72,73)/b12-10+,30-11+,59-31+/t36-,42-,43+,44+,53+,54+/m1/s1. The smallest absolute Gasteiger partial charge is 0.409 e. The molecular formula is C54H60ClFN6O16S. The van der Waals surface area contributed by atoms with E-state index in [-0.39, 0.29) is 53.4 Å². The molecule has 7 rings (SSSR count). The van der Waals surface area contributed by atoms with Gasteiger partial charge in [-0.1, -0.05) is 54.0 Å². The third kappa shape index (κ3) is 14.5. The second-order valence-electron chi connectivity index (χ2n) is 19.6. The average molecular weight is 1140 g/mol. The first-order chi connectivity index (χ1) is 37.3. The Morgan fingerprint density at radius 3 is 2.44 bits per heavy atom. The van der Waals surface area contributed by atoms with Crippen molar-refractivity contribution < 1.29 is 79.7 Å². The van der Waals surface area contributed by atoms with Crippen molar-refractivity contribution in [3.8, 4) is 5.75 Å². The van der Waals surface area contributed by atoms with Gasteiger partial charge in [0.15, 0.2) is 5.72 Å². The number of halogens is 2. The summed E-state index contributed by atoms with van der Waals surface area (Å²) in [7, 11) is -0.717. The summed E-state index contributed by atoms with van der Waals surface area (Å²) in [6, 6.07) is 10.4. The van der Waals surface area contributed by atoms with Gasteiger partial charge in [-0.05, 0) is 87.6 Å². The normalized spacial score (nSPS) is 24.6. The van der Waals surface area contributed by atoms with E-state index < -0.39 is 117 Å². The molecule has 2 fully saturated rings. The molecule has 0 saturated carbocycles. The van der Waals surface area contributed by atoms with Crippen molar-refractivity contribution in [2.45, 2.75) is 119 Å². The van der Waals surface area contributed by atoms with Crippen molar-refractivity contribution in [1.29, 1.82) is 0 Å². The van der Waals surface area contributed by atoms with Crippen LogP contribution in [0.2, 0.25) is 5.02 Å². The lowest BCUT2D eigenvalue weighted by Gasteiger charge is -2.40. The number of alkyl carbamates (subject to hydrolysis) is 1. The van der Waals surface area contributed by atoms with Crippen LogP contribution < -0.4 is 25.7 Å². The molecule has 25 heteroatoms. The Morgan fingerprint density at radius 2 is 1.76 bits per heavy atom. The summed E-state index contributed by atoms with van der Waals surface area (Å²) in [5.41, 5.74) is 0.290. The highest BCUT2D eigenvalue weighted by Gasteiger charge is 2.61. The quantitative estimate of drug-likeness (QED) is 0.0221. The lowest BCUT2D eigenvalue weighted by molar-refractivity contribution is -0.153. The number of methoxy groups -OCH3 is 2. The minimum absolute atomic E-state index is 0.00502. The molecule has 0 aliphatic carbocycles. The summed E-state index contributed by atoms with van der Waals surface area (Å²) in [5, 5.41) is 20.8. The van der Waals surface area contributed by atoms with Gasteiger partial charge in [-0.3, -0.25) is 43.5 Å². The number of carbonyl (C=O) groups is 7. The lowest BCUT2D eigenvalue weighted by atomic mass is 9.90. The molecule has 3 aromatic carbocycles. The number of carbonyl (C=O) groups excluding carboxylic acids is 7. The maximum atomic E-state index is 15.9. The Bertz CT molecular complexity index is 3170. The molecule has 422 valence electrons. The van der Waals surface area contributed by atoms with Crippen LogP contribution in [0.1, 0.15) is 92.8 Å². The molecule has 2 saturated heterocycles. The maximum Gasteiger partial charge on any atom is 0.409 e. The number of nitrogens with one attached hydrogen (secondary N) is 3. The SMILES string of the molecule is COc1cc2cc(c1Cl)N(C)C(=O)C[C@H](OC(=O)Cc1ccc(/C(C)=N/NC(=O)c3ccc(NC(=O)CCCCCN4C(=O)C=CC4=O)cc3S(=O)(=O)O)cc1F)[C@]1(C)O[C@H]1C[C@@H]1C[C@@](O)(NC(=O)O1)[C@H](OC)/C=C/C=C(\C)C2. The zero-order valence-corrected chi connectivity index (χ0v) is 45.6. The van der Waals surface area contributed by atoms with E-state index in [1.165, 1.54) is 63.4 Å². The number of aliphatic hydroxyl groups is 1. The van der Waals surface area contributed by atoms with Crippen LogP contribution in [0.15, 0.2) is 94.5 Å². The molecule has 22 nitrogen and oxygen atoms in total. The van der Waals surface area contributed by atoms with Crippen molar-refractivity contribution in [3.05, 3.63) is 118 Å². The van der Waals surface area contributed by atoms with Crippen molar-refractivity contribution >= 4 is 80.4 Å². The number of fused-ring (bicyclic) bond motifs is 5. The highest BCUT2D eigenvalue weighted by Crippen LogP contribution is 2.47. The first-order valence-electron chi connectivity index (χ1n) is 25.0. The topological polar surface area (TPSA) is 298 Å². The minimum atomic E-state index is -5.03. The van der Waals surface area contributed by atoms with Gasteiger partial charge in [0.05, 0.1) is 43.0 Å². The van der Waals surface area contributed by atoms with Gasteiger partial charge in [-0.2, -0.15) is 13.5 Å². The van der Waals surface area contributed by atoms with Crippen LogP contribution in [0.4, 0.5) is 20.6 Å². The number of esters is 1. The molecule has 6 atom stereocenters. The van der Waals surface area contributed by atoms with Crippen LogP contribution in [-0.4, -0.2) is 134 Å². The molecule has 0 unspecified atom stereocenters. The van der Waals surface area contributed by atoms with E-state index in [2.05, 4.69) is 21.2 Å². The maximum absolute atomic E-state index is 15.9. The number of anilines is 2. The molecule has 4 heterocycles. The highest BCUT2D eigenvalue weighted by molar-refractivity contribution is 7.86. The predicted molar refractivity (Wildman–Crippen MR) is 283 cm³/mol. The van der Waals surface area contributed by atoms with Gasteiger partial charge in [0.2, 0.25) is 11.8 Å². The Labute approximate surface area is 459 Å². The third-order valence-corrected chi connectivity index (χ3v) is 15.1. The molecule has 4 aliphatic rings. The monoisotopic (exact) mass is 1130 g/mol. The van der Waals surface area contributed by atoms with E-state index in [0.29, 0.717) is 37.1 Å². The van der Waals surface area contributed by atoms with Crippen LogP contribution in [0.3, 0.4) is 0 Å². The number of hydrazone groups is 1. The van der Waals surface area contributed by atoms with Crippen LogP contribution in [-0.2, 0) is 65.9 Å². The van der Waals surface area contributed by atoms with Crippen molar-refractivity contribution in [3.63, 3.8) is 0 Å². The Balaban J connectivity index is 1.03. The number of epoxide rings is 1. The zero-order valence-electron chi connectivity index (χ0n) is 44.0. The summed E-state index contributed by atoms with van der Waals surface area (Å²) in [4.78, 5) is 91.8. The van der Waals surface area contributed by atoms with Crippen LogP contribution in [0.25, 0.3) is 0 Å². The molecule has 3 aromatic rings. The number of hydrogen-bond donors (Lipinski definition) is 5. The third-order valence-electron chi connectivity index (χ3n) is 13.9.